The zero-order chi connectivity index (χ0) is 13.7. The Morgan fingerprint density at radius 1 is 1.58 bits per heavy atom. The minimum absolute atomic E-state index is 0.0998. The lowest BCUT2D eigenvalue weighted by atomic mass is 10.1. The number of ether oxygens (including phenoxy) is 2. The molecule has 104 valence electrons. The van der Waals surface area contributed by atoms with Gasteiger partial charge in [-0.15, -0.1) is 0 Å². The van der Waals surface area contributed by atoms with Gasteiger partial charge in [0.15, 0.2) is 0 Å². The number of anilines is 1. The van der Waals surface area contributed by atoms with Gasteiger partial charge in [0, 0.05) is 25.3 Å². The summed E-state index contributed by atoms with van der Waals surface area (Å²) in [6.07, 6.45) is 2.05. The van der Waals surface area contributed by atoms with Crippen LogP contribution in [0.1, 0.15) is 23.2 Å². The van der Waals surface area contributed by atoms with E-state index in [2.05, 4.69) is 5.32 Å². The van der Waals surface area contributed by atoms with Crippen LogP contribution in [0.5, 0.6) is 5.75 Å². The Bertz CT molecular complexity index is 442. The van der Waals surface area contributed by atoms with Gasteiger partial charge in [0.05, 0.1) is 12.8 Å². The van der Waals surface area contributed by atoms with E-state index in [1.165, 1.54) is 7.11 Å². The predicted octanol–water partition coefficient (Wildman–Crippen LogP) is 1.43. The van der Waals surface area contributed by atoms with Crippen LogP contribution in [0.25, 0.3) is 0 Å². The standard InChI is InChI=1S/C14H20N2O3/c1-18-13-8-11(2-3-12(13)15)14(17)16-6-4-10-5-7-19-9-10/h2-3,8,10H,4-7,9,15H2,1H3,(H,16,17). The van der Waals surface area contributed by atoms with Gasteiger partial charge in [0.1, 0.15) is 5.75 Å². The van der Waals surface area contributed by atoms with Gasteiger partial charge in [-0.2, -0.15) is 0 Å². The molecule has 0 spiro atoms. The molecule has 0 bridgehead atoms. The number of nitrogens with two attached hydrogens (primary N) is 1. The quantitative estimate of drug-likeness (QED) is 0.789. The molecule has 0 aromatic heterocycles. The summed E-state index contributed by atoms with van der Waals surface area (Å²) in [6.45, 7) is 2.32. The second-order valence-electron chi connectivity index (χ2n) is 4.73. The summed E-state index contributed by atoms with van der Waals surface area (Å²) < 4.78 is 10.4. The Hall–Kier alpha value is -1.75. The van der Waals surface area contributed by atoms with Crippen molar-refractivity contribution >= 4 is 11.6 Å². The van der Waals surface area contributed by atoms with Crippen molar-refractivity contribution in [3.05, 3.63) is 23.8 Å². The van der Waals surface area contributed by atoms with Crippen LogP contribution in [0.15, 0.2) is 18.2 Å². The number of nitrogens with one attached hydrogen (secondary N) is 1. The molecule has 0 saturated carbocycles. The van der Waals surface area contributed by atoms with Crippen molar-refractivity contribution in [2.75, 3.05) is 32.6 Å². The molecule has 1 unspecified atom stereocenters. The molecule has 5 nitrogen and oxygen atoms in total. The molecular formula is C14H20N2O3. The lowest BCUT2D eigenvalue weighted by Gasteiger charge is -2.10. The van der Waals surface area contributed by atoms with Crippen molar-refractivity contribution in [3.8, 4) is 5.75 Å². The van der Waals surface area contributed by atoms with Crippen molar-refractivity contribution < 1.29 is 14.3 Å². The normalized spacial score (nSPS) is 18.3. The predicted molar refractivity (Wildman–Crippen MR) is 73.3 cm³/mol. The van der Waals surface area contributed by atoms with Crippen molar-refractivity contribution in [2.45, 2.75) is 12.8 Å². The Morgan fingerprint density at radius 3 is 3.11 bits per heavy atom. The molecule has 1 heterocycles. The van der Waals surface area contributed by atoms with Gasteiger partial charge < -0.3 is 20.5 Å². The first-order valence-corrected chi connectivity index (χ1v) is 6.50. The molecule has 19 heavy (non-hydrogen) atoms. The van der Waals surface area contributed by atoms with Crippen LogP contribution in [0, 0.1) is 5.92 Å². The lowest BCUT2D eigenvalue weighted by Crippen LogP contribution is -2.26. The minimum Gasteiger partial charge on any atom is -0.495 e. The van der Waals surface area contributed by atoms with E-state index in [0.29, 0.717) is 29.5 Å². The average molecular weight is 264 g/mol. The molecule has 0 aliphatic carbocycles. The number of carbonyl (C=O) groups is 1. The summed E-state index contributed by atoms with van der Waals surface area (Å²) >= 11 is 0. The minimum atomic E-state index is -0.0998. The Labute approximate surface area is 113 Å². The topological polar surface area (TPSA) is 73.6 Å². The second-order valence-corrected chi connectivity index (χ2v) is 4.73. The SMILES string of the molecule is COc1cc(C(=O)NCCC2CCOC2)ccc1N. The van der Waals surface area contributed by atoms with Crippen molar-refractivity contribution in [1.82, 2.24) is 5.32 Å². The summed E-state index contributed by atoms with van der Waals surface area (Å²) in [7, 11) is 1.54. The molecule has 5 heteroatoms. The molecule has 1 aromatic carbocycles. The smallest absolute Gasteiger partial charge is 0.251 e. The molecule has 1 fully saturated rings. The zero-order valence-electron chi connectivity index (χ0n) is 11.1. The first-order valence-electron chi connectivity index (χ1n) is 6.50. The number of methoxy groups -OCH3 is 1. The summed E-state index contributed by atoms with van der Waals surface area (Å²) in [5, 5.41) is 2.91. The van der Waals surface area contributed by atoms with Crippen LogP contribution in [0.3, 0.4) is 0 Å². The Kier molecular flexibility index (Phi) is 4.63. The highest BCUT2D eigenvalue weighted by Gasteiger charge is 2.15. The van der Waals surface area contributed by atoms with Crippen LogP contribution >= 0.6 is 0 Å². The fourth-order valence-electron chi connectivity index (χ4n) is 2.16. The number of carbonyl (C=O) groups excluding carboxylic acids is 1. The third-order valence-corrected chi connectivity index (χ3v) is 3.36. The maximum absolute atomic E-state index is 12.0. The first kappa shape index (κ1) is 13.7. The van der Waals surface area contributed by atoms with Gasteiger partial charge >= 0.3 is 0 Å². The monoisotopic (exact) mass is 264 g/mol. The number of rotatable bonds is 5. The van der Waals surface area contributed by atoms with E-state index < -0.39 is 0 Å². The molecular weight excluding hydrogens is 244 g/mol. The van der Waals surface area contributed by atoms with E-state index in [1.807, 2.05) is 0 Å². The number of benzene rings is 1. The highest BCUT2D eigenvalue weighted by molar-refractivity contribution is 5.95. The second kappa shape index (κ2) is 6.43. The largest absolute Gasteiger partial charge is 0.495 e. The van der Waals surface area contributed by atoms with E-state index in [1.54, 1.807) is 18.2 Å². The third-order valence-electron chi connectivity index (χ3n) is 3.36. The van der Waals surface area contributed by atoms with E-state index in [4.69, 9.17) is 15.2 Å². The first-order chi connectivity index (χ1) is 9.20. The number of amides is 1. The summed E-state index contributed by atoms with van der Waals surface area (Å²) in [5.74, 6) is 0.996. The van der Waals surface area contributed by atoms with Crippen molar-refractivity contribution in [2.24, 2.45) is 5.92 Å². The lowest BCUT2D eigenvalue weighted by molar-refractivity contribution is 0.0950. The molecule has 1 aromatic rings. The molecule has 1 aliphatic rings. The molecule has 3 N–H and O–H groups in total. The van der Waals surface area contributed by atoms with Crippen LogP contribution in [0.2, 0.25) is 0 Å². The fraction of sp³-hybridized carbons (Fsp3) is 0.500. The van der Waals surface area contributed by atoms with Crippen molar-refractivity contribution in [1.29, 1.82) is 0 Å². The van der Waals surface area contributed by atoms with Gasteiger partial charge in [-0.05, 0) is 37.0 Å². The van der Waals surface area contributed by atoms with Gasteiger partial charge in [-0.1, -0.05) is 0 Å². The van der Waals surface area contributed by atoms with Gasteiger partial charge in [-0.3, -0.25) is 4.79 Å². The number of hydrogen-bond acceptors (Lipinski definition) is 4. The Morgan fingerprint density at radius 2 is 2.42 bits per heavy atom. The zero-order valence-corrected chi connectivity index (χ0v) is 11.1. The summed E-state index contributed by atoms with van der Waals surface area (Å²) in [5.41, 5.74) is 6.81. The molecule has 1 amide bonds. The van der Waals surface area contributed by atoms with E-state index >= 15 is 0 Å². The summed E-state index contributed by atoms with van der Waals surface area (Å²) in [6, 6.07) is 5.04. The molecule has 1 aliphatic heterocycles. The highest BCUT2D eigenvalue weighted by atomic mass is 16.5. The van der Waals surface area contributed by atoms with Crippen LogP contribution < -0.4 is 15.8 Å². The van der Waals surface area contributed by atoms with Crippen LogP contribution in [0.4, 0.5) is 5.69 Å². The molecule has 1 atom stereocenters. The molecule has 1 saturated heterocycles. The fourth-order valence-corrected chi connectivity index (χ4v) is 2.16. The van der Waals surface area contributed by atoms with Crippen molar-refractivity contribution in [3.63, 3.8) is 0 Å². The third kappa shape index (κ3) is 3.61. The molecule has 2 rings (SSSR count). The average Bonchev–Trinajstić information content (AvgIpc) is 2.92. The Balaban J connectivity index is 1.85. The van der Waals surface area contributed by atoms with Gasteiger partial charge in [0.25, 0.3) is 5.91 Å². The van der Waals surface area contributed by atoms with Gasteiger partial charge in [0.2, 0.25) is 0 Å². The number of nitrogen functional groups attached to an aromatic ring is 1. The summed E-state index contributed by atoms with van der Waals surface area (Å²) in [4.78, 5) is 12.0. The maximum Gasteiger partial charge on any atom is 0.251 e. The number of hydrogen-bond donors (Lipinski definition) is 2. The van der Waals surface area contributed by atoms with Crippen LogP contribution in [-0.4, -0.2) is 32.8 Å². The highest BCUT2D eigenvalue weighted by Crippen LogP contribution is 2.22. The maximum atomic E-state index is 12.0. The van der Waals surface area contributed by atoms with E-state index in [-0.39, 0.29) is 5.91 Å². The van der Waals surface area contributed by atoms with Crippen LogP contribution in [-0.2, 0) is 4.74 Å². The van der Waals surface area contributed by atoms with Gasteiger partial charge in [-0.25, -0.2) is 0 Å². The molecule has 0 radical (unpaired) electrons. The van der Waals surface area contributed by atoms with E-state index in [0.717, 1.165) is 26.1 Å². The van der Waals surface area contributed by atoms with E-state index in [9.17, 15) is 4.79 Å².